The fourth-order valence-corrected chi connectivity index (χ4v) is 0.640. The molecule has 0 fully saturated rings. The predicted molar refractivity (Wildman–Crippen MR) is 48.1 cm³/mol. The topological polar surface area (TPSA) is 0 Å². The summed E-state index contributed by atoms with van der Waals surface area (Å²) in [7, 11) is 0. The van der Waals surface area contributed by atoms with Crippen LogP contribution in [0.15, 0.2) is 23.3 Å². The summed E-state index contributed by atoms with van der Waals surface area (Å²) in [6, 6.07) is 0. The lowest BCUT2D eigenvalue weighted by Gasteiger charge is -1.92. The molecule has 0 saturated heterocycles. The number of rotatable bonds is 3. The highest BCUT2D eigenvalue weighted by Crippen LogP contribution is 2.01. The van der Waals surface area contributed by atoms with E-state index in [2.05, 4.69) is 39.8 Å². The van der Waals surface area contributed by atoms with Gasteiger partial charge in [0.15, 0.2) is 0 Å². The average Bonchev–Trinajstić information content (AvgIpc) is 1.87. The van der Waals surface area contributed by atoms with E-state index in [0.717, 1.165) is 6.42 Å². The molecule has 0 amide bonds. The number of hydrogen-bond acceptors (Lipinski definition) is 0. The summed E-state index contributed by atoms with van der Waals surface area (Å²) in [4.78, 5) is 0. The summed E-state index contributed by atoms with van der Waals surface area (Å²) in [5.41, 5.74) is 2.89. The molecule has 0 aromatic carbocycles. The van der Waals surface area contributed by atoms with Gasteiger partial charge >= 0.3 is 0 Å². The first-order valence-corrected chi connectivity index (χ1v) is 3.95. The molecule has 0 radical (unpaired) electrons. The standard InChI is InChI=1S/C10H18/c1-5-10(4)8-6-7-9(2)3/h7-8H,5-6H2,1-4H3/b10-8+. The van der Waals surface area contributed by atoms with E-state index in [4.69, 9.17) is 0 Å². The molecule has 0 aliphatic carbocycles. The minimum Gasteiger partial charge on any atom is -0.0821 e. The Kier molecular flexibility index (Phi) is 5.00. The zero-order chi connectivity index (χ0) is 7.98. The van der Waals surface area contributed by atoms with Gasteiger partial charge in [-0.2, -0.15) is 0 Å². The lowest BCUT2D eigenvalue weighted by Crippen LogP contribution is -1.71. The van der Waals surface area contributed by atoms with Gasteiger partial charge in [0.05, 0.1) is 0 Å². The largest absolute Gasteiger partial charge is 0.0821 e. The van der Waals surface area contributed by atoms with Crippen LogP contribution in [-0.2, 0) is 0 Å². The molecule has 0 heterocycles. The van der Waals surface area contributed by atoms with Gasteiger partial charge in [0, 0.05) is 0 Å². The maximum atomic E-state index is 2.28. The van der Waals surface area contributed by atoms with Crippen molar-refractivity contribution < 1.29 is 0 Å². The van der Waals surface area contributed by atoms with Gasteiger partial charge in [-0.3, -0.25) is 0 Å². The first-order chi connectivity index (χ1) is 4.66. The molecule has 0 bridgehead atoms. The Hall–Kier alpha value is -0.520. The van der Waals surface area contributed by atoms with Crippen molar-refractivity contribution in [3.63, 3.8) is 0 Å². The molecule has 0 unspecified atom stereocenters. The van der Waals surface area contributed by atoms with Crippen LogP contribution < -0.4 is 0 Å². The summed E-state index contributed by atoms with van der Waals surface area (Å²) < 4.78 is 0. The van der Waals surface area contributed by atoms with E-state index in [9.17, 15) is 0 Å². The quantitative estimate of drug-likeness (QED) is 0.522. The van der Waals surface area contributed by atoms with E-state index in [1.807, 2.05) is 0 Å². The molecule has 0 nitrogen and oxygen atoms in total. The van der Waals surface area contributed by atoms with Crippen molar-refractivity contribution in [2.45, 2.75) is 40.5 Å². The zero-order valence-electron chi connectivity index (χ0n) is 7.57. The van der Waals surface area contributed by atoms with Crippen LogP contribution in [-0.4, -0.2) is 0 Å². The van der Waals surface area contributed by atoms with Crippen molar-refractivity contribution in [2.24, 2.45) is 0 Å². The van der Waals surface area contributed by atoms with Crippen molar-refractivity contribution in [1.82, 2.24) is 0 Å². The van der Waals surface area contributed by atoms with Crippen molar-refractivity contribution in [2.75, 3.05) is 0 Å². The van der Waals surface area contributed by atoms with Crippen molar-refractivity contribution in [3.8, 4) is 0 Å². The summed E-state index contributed by atoms with van der Waals surface area (Å²) in [6.07, 6.45) is 6.81. The van der Waals surface area contributed by atoms with Crippen LogP contribution in [0.4, 0.5) is 0 Å². The van der Waals surface area contributed by atoms with Crippen LogP contribution in [0.5, 0.6) is 0 Å². The van der Waals surface area contributed by atoms with E-state index in [1.54, 1.807) is 0 Å². The second kappa shape index (κ2) is 5.28. The van der Waals surface area contributed by atoms with Gasteiger partial charge in [0.2, 0.25) is 0 Å². The molecule has 0 heteroatoms. The highest BCUT2D eigenvalue weighted by Gasteiger charge is 1.80. The summed E-state index contributed by atoms with van der Waals surface area (Å²) in [5, 5.41) is 0. The monoisotopic (exact) mass is 138 g/mol. The van der Waals surface area contributed by atoms with Crippen molar-refractivity contribution in [3.05, 3.63) is 23.3 Å². The third kappa shape index (κ3) is 5.61. The van der Waals surface area contributed by atoms with Crippen molar-refractivity contribution >= 4 is 0 Å². The predicted octanol–water partition coefficient (Wildman–Crippen LogP) is 3.70. The Morgan fingerprint density at radius 2 is 1.70 bits per heavy atom. The second-order valence-corrected chi connectivity index (χ2v) is 2.92. The molecule has 0 rings (SSSR count). The molecule has 0 spiro atoms. The highest BCUT2D eigenvalue weighted by atomic mass is 13.9. The van der Waals surface area contributed by atoms with Gasteiger partial charge < -0.3 is 0 Å². The fraction of sp³-hybridized carbons (Fsp3) is 0.600. The summed E-state index contributed by atoms with van der Waals surface area (Å²) in [6.45, 7) is 8.64. The molecule has 0 atom stereocenters. The third-order valence-corrected chi connectivity index (χ3v) is 1.55. The second-order valence-electron chi connectivity index (χ2n) is 2.92. The Labute approximate surface area is 64.6 Å². The van der Waals surface area contributed by atoms with Crippen LogP contribution in [0.3, 0.4) is 0 Å². The van der Waals surface area contributed by atoms with Gasteiger partial charge in [0.25, 0.3) is 0 Å². The highest BCUT2D eigenvalue weighted by molar-refractivity contribution is 5.04. The third-order valence-electron chi connectivity index (χ3n) is 1.55. The Morgan fingerprint density at radius 1 is 1.10 bits per heavy atom. The maximum Gasteiger partial charge on any atom is -0.0164 e. The number of hydrogen-bond donors (Lipinski definition) is 0. The van der Waals surface area contributed by atoms with Crippen LogP contribution in [0.25, 0.3) is 0 Å². The Morgan fingerprint density at radius 3 is 2.10 bits per heavy atom. The molecule has 0 aromatic heterocycles. The number of allylic oxidation sites excluding steroid dienone is 4. The minimum atomic E-state index is 1.10. The van der Waals surface area contributed by atoms with Gasteiger partial charge in [0.1, 0.15) is 0 Å². The molecular weight excluding hydrogens is 120 g/mol. The lowest BCUT2D eigenvalue weighted by molar-refractivity contribution is 1.07. The van der Waals surface area contributed by atoms with Crippen LogP contribution in [0.1, 0.15) is 40.5 Å². The summed E-state index contributed by atoms with van der Waals surface area (Å²) in [5.74, 6) is 0. The van der Waals surface area contributed by atoms with E-state index in [0.29, 0.717) is 0 Å². The Balaban J connectivity index is 3.63. The SMILES string of the molecule is CC/C(C)=C/CC=C(C)C. The smallest absolute Gasteiger partial charge is 0.0164 e. The van der Waals surface area contributed by atoms with E-state index < -0.39 is 0 Å². The van der Waals surface area contributed by atoms with Crippen LogP contribution >= 0.6 is 0 Å². The Bertz CT molecular complexity index is 134. The maximum absolute atomic E-state index is 2.28. The van der Waals surface area contributed by atoms with Crippen molar-refractivity contribution in [1.29, 1.82) is 0 Å². The molecule has 0 N–H and O–H groups in total. The first kappa shape index (κ1) is 9.48. The van der Waals surface area contributed by atoms with E-state index in [1.165, 1.54) is 17.6 Å². The molecule has 10 heavy (non-hydrogen) atoms. The van der Waals surface area contributed by atoms with Crippen LogP contribution in [0.2, 0.25) is 0 Å². The molecule has 0 aliphatic rings. The fourth-order valence-electron chi connectivity index (χ4n) is 0.640. The lowest BCUT2D eigenvalue weighted by atomic mass is 10.2. The molecule has 0 aromatic rings. The van der Waals surface area contributed by atoms with Gasteiger partial charge in [-0.25, -0.2) is 0 Å². The van der Waals surface area contributed by atoms with Gasteiger partial charge in [-0.15, -0.1) is 0 Å². The molecule has 0 saturated carbocycles. The normalized spacial score (nSPS) is 11.4. The van der Waals surface area contributed by atoms with Crippen LogP contribution in [0, 0.1) is 0 Å². The molecule has 58 valence electrons. The van der Waals surface area contributed by atoms with E-state index >= 15 is 0 Å². The van der Waals surface area contributed by atoms with Gasteiger partial charge in [-0.1, -0.05) is 30.2 Å². The first-order valence-electron chi connectivity index (χ1n) is 3.95. The zero-order valence-corrected chi connectivity index (χ0v) is 7.57. The summed E-state index contributed by atoms with van der Waals surface area (Å²) >= 11 is 0. The van der Waals surface area contributed by atoms with E-state index in [-0.39, 0.29) is 0 Å². The molecular formula is C10H18. The molecule has 0 aliphatic heterocycles. The minimum absolute atomic E-state index is 1.10. The van der Waals surface area contributed by atoms with Gasteiger partial charge in [-0.05, 0) is 33.6 Å². The average molecular weight is 138 g/mol.